The summed E-state index contributed by atoms with van der Waals surface area (Å²) < 4.78 is 0. The number of aliphatic carboxylic acids is 1. The Bertz CT molecular complexity index is 1550. The van der Waals surface area contributed by atoms with E-state index in [9.17, 15) is 19.5 Å². The molecule has 2 aromatic carbocycles. The van der Waals surface area contributed by atoms with Crippen LogP contribution in [0.25, 0.3) is 11.4 Å². The van der Waals surface area contributed by atoms with Crippen molar-refractivity contribution in [2.75, 3.05) is 13.1 Å². The van der Waals surface area contributed by atoms with Crippen LogP contribution < -0.4 is 5.32 Å². The number of likely N-dealkylation sites (tertiary alicyclic amines) is 1. The summed E-state index contributed by atoms with van der Waals surface area (Å²) in [5.41, 5.74) is 4.62. The van der Waals surface area contributed by atoms with E-state index in [2.05, 4.69) is 19.2 Å². The summed E-state index contributed by atoms with van der Waals surface area (Å²) in [4.78, 5) is 49.0. The first-order valence-electron chi connectivity index (χ1n) is 18.6. The van der Waals surface area contributed by atoms with Crippen LogP contribution in [0.5, 0.6) is 0 Å². The number of hydrogen-bond acceptors (Lipinski definition) is 5. The highest BCUT2D eigenvalue weighted by Gasteiger charge is 2.39. The minimum atomic E-state index is -0.908. The van der Waals surface area contributed by atoms with Crippen LogP contribution in [-0.4, -0.2) is 56.9 Å². The third kappa shape index (κ3) is 8.57. The molecule has 1 saturated heterocycles. The lowest BCUT2D eigenvalue weighted by molar-refractivity contribution is -0.153. The smallest absolute Gasteiger partial charge is 0.310 e. The lowest BCUT2D eigenvalue weighted by Crippen LogP contribution is -2.59. The normalized spacial score (nSPS) is 23.3. The predicted molar refractivity (Wildman–Crippen MR) is 191 cm³/mol. The summed E-state index contributed by atoms with van der Waals surface area (Å²) in [6.07, 6.45) is 18.7. The molecule has 2 saturated carbocycles. The Morgan fingerprint density at radius 2 is 1.41 bits per heavy atom. The zero-order valence-electron chi connectivity index (χ0n) is 29.2. The lowest BCUT2D eigenvalue weighted by atomic mass is 9.68. The van der Waals surface area contributed by atoms with Gasteiger partial charge in [0, 0.05) is 43.0 Å². The van der Waals surface area contributed by atoms with Crippen LogP contribution >= 0.6 is 0 Å². The molecule has 0 bridgehead atoms. The van der Waals surface area contributed by atoms with Crippen molar-refractivity contribution in [1.29, 1.82) is 0 Å². The van der Waals surface area contributed by atoms with E-state index in [1.54, 1.807) is 12.1 Å². The molecule has 2 aliphatic carbocycles. The van der Waals surface area contributed by atoms with Crippen molar-refractivity contribution in [1.82, 2.24) is 20.2 Å². The maximum absolute atomic E-state index is 13.4. The number of amides is 2. The predicted octanol–water partition coefficient (Wildman–Crippen LogP) is 7.47. The average molecular weight is 665 g/mol. The highest BCUT2D eigenvalue weighted by atomic mass is 16.4. The summed E-state index contributed by atoms with van der Waals surface area (Å²) in [5.74, 6) is 1.92. The molecule has 6 rings (SSSR count). The van der Waals surface area contributed by atoms with Gasteiger partial charge in [-0.15, -0.1) is 0 Å². The maximum Gasteiger partial charge on any atom is 0.310 e. The van der Waals surface area contributed by atoms with Crippen LogP contribution in [0.1, 0.15) is 111 Å². The van der Waals surface area contributed by atoms with Crippen molar-refractivity contribution < 1.29 is 19.5 Å². The standard InChI is InChI=1S/C41H52N4O4/c1-3-5-28-8-12-30(13-9-28)31-18-20-32(21-19-31)35-23-42-38(43-24-35)33-14-10-29(11-15-33)22-37(40(47)45-25-36(26-45)41(48)49)44-39(46)34-16-6-27(4-2)7-17-34/h6-7,10-11,14-17,23-24,28,30-32,36-37H,3-5,8-9,12-13,18-22,25-26H2,1-2H3,(H,44,46)(H,48,49)/t28?,30?,31?,32?,37-/m0/s1. The molecule has 3 fully saturated rings. The van der Waals surface area contributed by atoms with Gasteiger partial charge in [0.2, 0.25) is 5.91 Å². The average Bonchev–Trinajstić information content (AvgIpc) is 3.11. The SMILES string of the molecule is CCCC1CCC(C2CCC(c3cnc(-c4ccc(C[C@H](NC(=O)c5ccc(CC)cc5)C(=O)N5CC(C(=O)O)C5)cc4)nc3)CC2)CC1. The highest BCUT2D eigenvalue weighted by molar-refractivity contribution is 5.98. The molecule has 0 spiro atoms. The van der Waals surface area contributed by atoms with Crippen molar-refractivity contribution in [2.24, 2.45) is 23.7 Å². The largest absolute Gasteiger partial charge is 0.481 e. The fraction of sp³-hybridized carbons (Fsp3) is 0.537. The van der Waals surface area contributed by atoms with Crippen molar-refractivity contribution >= 4 is 17.8 Å². The monoisotopic (exact) mass is 664 g/mol. The number of aromatic nitrogens is 2. The number of carbonyl (C=O) groups excluding carboxylic acids is 2. The summed E-state index contributed by atoms with van der Waals surface area (Å²) in [5, 5.41) is 12.2. The van der Waals surface area contributed by atoms with E-state index >= 15 is 0 Å². The number of benzene rings is 2. The van der Waals surface area contributed by atoms with Crippen molar-refractivity contribution in [3.63, 3.8) is 0 Å². The second kappa shape index (κ2) is 16.1. The van der Waals surface area contributed by atoms with Crippen LogP contribution in [0, 0.1) is 23.7 Å². The molecule has 2 N–H and O–H groups in total. The number of carboxylic acids is 1. The van der Waals surface area contributed by atoms with E-state index in [0.29, 0.717) is 17.3 Å². The molecule has 1 atom stereocenters. The Morgan fingerprint density at radius 1 is 0.816 bits per heavy atom. The second-order valence-electron chi connectivity index (χ2n) is 14.8. The summed E-state index contributed by atoms with van der Waals surface area (Å²) in [6.45, 7) is 4.67. The summed E-state index contributed by atoms with van der Waals surface area (Å²) in [6, 6.07) is 14.4. The Kier molecular flexibility index (Phi) is 11.4. The number of nitrogens with zero attached hydrogens (tertiary/aromatic N) is 3. The van der Waals surface area contributed by atoms with Crippen molar-refractivity contribution in [2.45, 2.75) is 103 Å². The molecule has 0 radical (unpaired) electrons. The summed E-state index contributed by atoms with van der Waals surface area (Å²) >= 11 is 0. The molecule has 8 heteroatoms. The topological polar surface area (TPSA) is 112 Å². The summed E-state index contributed by atoms with van der Waals surface area (Å²) in [7, 11) is 0. The van der Waals surface area contributed by atoms with Gasteiger partial charge in [0.15, 0.2) is 5.82 Å². The van der Waals surface area contributed by atoms with Gasteiger partial charge in [-0.2, -0.15) is 0 Å². The maximum atomic E-state index is 13.4. The minimum absolute atomic E-state index is 0.152. The van der Waals surface area contributed by atoms with Crippen LogP contribution in [0.3, 0.4) is 0 Å². The van der Waals surface area contributed by atoms with Gasteiger partial charge in [0.1, 0.15) is 6.04 Å². The van der Waals surface area contributed by atoms with Gasteiger partial charge < -0.3 is 15.3 Å². The number of carbonyl (C=O) groups is 3. The highest BCUT2D eigenvalue weighted by Crippen LogP contribution is 2.44. The molecule has 49 heavy (non-hydrogen) atoms. The Hall–Kier alpha value is -4.07. The van der Waals surface area contributed by atoms with Gasteiger partial charge in [-0.25, -0.2) is 9.97 Å². The van der Waals surface area contributed by atoms with Gasteiger partial charge in [-0.1, -0.05) is 75.9 Å². The zero-order chi connectivity index (χ0) is 34.3. The van der Waals surface area contributed by atoms with E-state index < -0.39 is 17.9 Å². The van der Waals surface area contributed by atoms with Crippen LogP contribution in [-0.2, 0) is 22.4 Å². The van der Waals surface area contributed by atoms with Crippen LogP contribution in [0.4, 0.5) is 0 Å². The quantitative estimate of drug-likeness (QED) is 0.208. The first kappa shape index (κ1) is 34.8. The molecule has 2 amide bonds. The number of aryl methyl sites for hydroxylation is 1. The molecule has 3 aromatic rings. The zero-order valence-corrected chi connectivity index (χ0v) is 29.2. The fourth-order valence-corrected chi connectivity index (χ4v) is 8.37. The number of rotatable bonds is 12. The number of nitrogens with one attached hydrogen (secondary N) is 1. The first-order chi connectivity index (χ1) is 23.8. The Labute approximate surface area is 291 Å². The third-order valence-corrected chi connectivity index (χ3v) is 11.6. The van der Waals surface area contributed by atoms with E-state index in [1.807, 2.05) is 48.8 Å². The van der Waals surface area contributed by atoms with Gasteiger partial charge in [-0.05, 0) is 97.4 Å². The van der Waals surface area contributed by atoms with Crippen molar-refractivity contribution in [3.05, 3.63) is 83.2 Å². The van der Waals surface area contributed by atoms with Crippen molar-refractivity contribution in [3.8, 4) is 11.4 Å². The minimum Gasteiger partial charge on any atom is -0.481 e. The van der Waals surface area contributed by atoms with Gasteiger partial charge in [-0.3, -0.25) is 14.4 Å². The molecular formula is C41H52N4O4. The second-order valence-corrected chi connectivity index (χ2v) is 14.8. The molecule has 8 nitrogen and oxygen atoms in total. The van der Waals surface area contributed by atoms with Gasteiger partial charge in [0.25, 0.3) is 5.91 Å². The molecular weight excluding hydrogens is 612 g/mol. The van der Waals surface area contributed by atoms with Crippen LogP contribution in [0.2, 0.25) is 0 Å². The van der Waals surface area contributed by atoms with Crippen LogP contribution in [0.15, 0.2) is 60.9 Å². The molecule has 2 heterocycles. The lowest BCUT2D eigenvalue weighted by Gasteiger charge is -2.39. The molecule has 260 valence electrons. The Morgan fingerprint density at radius 3 is 1.98 bits per heavy atom. The fourth-order valence-electron chi connectivity index (χ4n) is 8.37. The Balaban J connectivity index is 1.05. The first-order valence-corrected chi connectivity index (χ1v) is 18.6. The van der Waals surface area contributed by atoms with E-state index in [4.69, 9.17) is 9.97 Å². The van der Waals surface area contributed by atoms with E-state index in [0.717, 1.165) is 40.9 Å². The van der Waals surface area contributed by atoms with E-state index in [-0.39, 0.29) is 31.3 Å². The molecule has 1 aromatic heterocycles. The number of carboxylic acid groups (broad SMARTS) is 1. The molecule has 1 aliphatic heterocycles. The van der Waals surface area contributed by atoms with Gasteiger partial charge >= 0.3 is 5.97 Å². The molecule has 0 unspecified atom stereocenters. The van der Waals surface area contributed by atoms with Gasteiger partial charge in [0.05, 0.1) is 5.92 Å². The van der Waals surface area contributed by atoms with E-state index in [1.165, 1.54) is 74.7 Å². The molecule has 3 aliphatic rings. The third-order valence-electron chi connectivity index (χ3n) is 11.6. The number of hydrogen-bond donors (Lipinski definition) is 2.